The Morgan fingerprint density at radius 1 is 1.12 bits per heavy atom. The second-order valence-electron chi connectivity index (χ2n) is 9.40. The second-order valence-corrected chi connectivity index (χ2v) is 9.40. The van der Waals surface area contributed by atoms with Crippen LogP contribution in [0.2, 0.25) is 0 Å². The predicted molar refractivity (Wildman–Crippen MR) is 131 cm³/mol. The number of aromatic nitrogens is 5. The Balaban J connectivity index is 1.54. The highest BCUT2D eigenvalue weighted by Crippen LogP contribution is 2.45. The number of aliphatic carboxylic acids is 1. The van der Waals surface area contributed by atoms with Crippen LogP contribution in [0.15, 0.2) is 42.6 Å². The van der Waals surface area contributed by atoms with Crippen molar-refractivity contribution in [3.63, 3.8) is 0 Å². The Morgan fingerprint density at radius 2 is 1.82 bits per heavy atom. The molecule has 4 aromatic rings. The van der Waals surface area contributed by atoms with E-state index >= 15 is 0 Å². The smallest absolute Gasteiger partial charge is 0.453 e. The Hall–Kier alpha value is -4.69. The van der Waals surface area contributed by atoms with Gasteiger partial charge in [0.15, 0.2) is 11.5 Å². The van der Waals surface area contributed by atoms with Gasteiger partial charge in [0, 0.05) is 19.2 Å². The van der Waals surface area contributed by atoms with Crippen molar-refractivity contribution in [2.45, 2.75) is 43.8 Å². The van der Waals surface area contributed by atoms with Gasteiger partial charge in [-0.1, -0.05) is 24.3 Å². The summed E-state index contributed by atoms with van der Waals surface area (Å²) in [6, 6.07) is 9.43. The van der Waals surface area contributed by atoms with Gasteiger partial charge in [-0.3, -0.25) is 9.59 Å². The first-order chi connectivity index (χ1) is 18.7. The van der Waals surface area contributed by atoms with Crippen molar-refractivity contribution in [2.75, 3.05) is 11.1 Å². The van der Waals surface area contributed by atoms with E-state index in [-0.39, 0.29) is 46.2 Å². The van der Waals surface area contributed by atoms with E-state index in [2.05, 4.69) is 25.4 Å². The molecule has 208 valence electrons. The van der Waals surface area contributed by atoms with Crippen molar-refractivity contribution in [3.8, 4) is 11.5 Å². The number of halogens is 5. The van der Waals surface area contributed by atoms with Crippen LogP contribution in [-0.2, 0) is 28.0 Å². The van der Waals surface area contributed by atoms with Crippen molar-refractivity contribution in [2.24, 2.45) is 0 Å². The number of carboxylic acids is 1. The number of nitrogen functional groups attached to an aromatic ring is 1. The first-order valence-corrected chi connectivity index (χ1v) is 11.8. The fourth-order valence-electron chi connectivity index (χ4n) is 4.64. The minimum atomic E-state index is -5.72. The van der Waals surface area contributed by atoms with E-state index in [4.69, 9.17) is 10.8 Å². The Kier molecular flexibility index (Phi) is 6.19. The molecule has 1 amide bonds. The molecule has 0 saturated heterocycles. The molecular formula is C25H20F5N7O3. The lowest BCUT2D eigenvalue weighted by Crippen LogP contribution is -2.37. The third kappa shape index (κ3) is 4.36. The molecule has 4 heterocycles. The number of nitrogens with two attached hydrogens (primary N) is 1. The molecule has 4 N–H and O–H groups in total. The molecule has 0 radical (unpaired) electrons. The number of carbonyl (C=O) groups excluding carboxylic acids is 1. The maximum Gasteiger partial charge on any atom is 0.453 e. The summed E-state index contributed by atoms with van der Waals surface area (Å²) in [4.78, 5) is 36.9. The van der Waals surface area contributed by atoms with Gasteiger partial charge < -0.3 is 16.2 Å². The molecule has 10 nitrogen and oxygen atoms in total. The highest BCUT2D eigenvalue weighted by atomic mass is 19.4. The van der Waals surface area contributed by atoms with Crippen LogP contribution in [0.25, 0.3) is 22.6 Å². The number of nitrogens with zero attached hydrogens (tertiary/aromatic N) is 5. The van der Waals surface area contributed by atoms with E-state index in [9.17, 15) is 31.5 Å². The molecule has 1 aliphatic rings. The van der Waals surface area contributed by atoms with E-state index in [1.54, 1.807) is 31.2 Å². The molecule has 3 aromatic heterocycles. The molecule has 1 atom stereocenters. The van der Waals surface area contributed by atoms with Crippen LogP contribution >= 0.6 is 0 Å². The summed E-state index contributed by atoms with van der Waals surface area (Å²) in [6.45, 7) is 0.807. The molecule has 1 aliphatic heterocycles. The predicted octanol–water partition coefficient (Wildman–Crippen LogP) is 3.94. The zero-order valence-corrected chi connectivity index (χ0v) is 20.6. The number of benzene rings is 1. The summed E-state index contributed by atoms with van der Waals surface area (Å²) in [5, 5.41) is 16.1. The molecule has 0 fully saturated rings. The Morgan fingerprint density at radius 3 is 2.48 bits per heavy atom. The summed E-state index contributed by atoms with van der Waals surface area (Å²) >= 11 is 0. The Labute approximate surface area is 222 Å². The summed E-state index contributed by atoms with van der Waals surface area (Å²) in [6.07, 6.45) is -6.14. The van der Waals surface area contributed by atoms with Gasteiger partial charge in [0.05, 0.1) is 17.4 Å². The topological polar surface area (TPSA) is 149 Å². The minimum Gasteiger partial charge on any atom is -0.481 e. The van der Waals surface area contributed by atoms with Gasteiger partial charge in [-0.05, 0) is 30.2 Å². The summed E-state index contributed by atoms with van der Waals surface area (Å²) < 4.78 is 66.2. The summed E-state index contributed by atoms with van der Waals surface area (Å²) in [5.41, 5.74) is 6.33. The van der Waals surface area contributed by atoms with Crippen LogP contribution < -0.4 is 11.1 Å². The van der Waals surface area contributed by atoms with Gasteiger partial charge in [-0.15, -0.1) is 0 Å². The van der Waals surface area contributed by atoms with Crippen molar-refractivity contribution >= 4 is 34.5 Å². The molecule has 0 spiro atoms. The zero-order valence-electron chi connectivity index (χ0n) is 20.6. The number of alkyl halides is 5. The maximum absolute atomic E-state index is 13.6. The SMILES string of the molecule is C[C@@]1(c2ccc(CC(=O)O)cc2)C(=O)Nc2nc(-c3nn(CCC(F)(F)C(F)(F)F)c4ncccc34)nc(N)c21. The number of rotatable bonds is 7. The highest BCUT2D eigenvalue weighted by molar-refractivity contribution is 6.09. The van der Waals surface area contributed by atoms with Crippen LogP contribution in [-0.4, -0.2) is 53.8 Å². The molecule has 0 saturated carbocycles. The third-order valence-corrected chi connectivity index (χ3v) is 6.78. The second kappa shape index (κ2) is 9.20. The fraction of sp³-hybridized carbons (Fsp3) is 0.280. The summed E-state index contributed by atoms with van der Waals surface area (Å²) in [5.74, 6) is -6.54. The van der Waals surface area contributed by atoms with E-state index in [1.807, 2.05) is 0 Å². The van der Waals surface area contributed by atoms with Crippen LogP contribution in [0.4, 0.5) is 33.6 Å². The van der Waals surface area contributed by atoms with Crippen molar-refractivity contribution in [3.05, 3.63) is 59.3 Å². The average molecular weight is 561 g/mol. The standard InChI is InChI=1S/C25H20F5N7O3/c1-23(13-6-4-12(5-7-13)11-15(38)39)16-18(31)33-20(34-19(16)35-22(23)40)17-14-3-2-9-32-21(14)37(36-17)10-8-24(26,27)25(28,29)30/h2-7,9H,8,10-11H2,1H3,(H,38,39)(H3,31,33,34,35,40)/t23-/m0/s1. The fourth-order valence-corrected chi connectivity index (χ4v) is 4.64. The zero-order chi connectivity index (χ0) is 29.0. The number of pyridine rings is 1. The maximum atomic E-state index is 13.6. The molecule has 0 bridgehead atoms. The molecular weight excluding hydrogens is 541 g/mol. The van der Waals surface area contributed by atoms with Gasteiger partial charge in [0.25, 0.3) is 0 Å². The molecule has 40 heavy (non-hydrogen) atoms. The van der Waals surface area contributed by atoms with Crippen LogP contribution in [0, 0.1) is 0 Å². The number of hydrogen-bond donors (Lipinski definition) is 3. The number of carboxylic acid groups (broad SMARTS) is 1. The number of carbonyl (C=O) groups is 2. The number of amides is 1. The van der Waals surface area contributed by atoms with Crippen LogP contribution in [0.5, 0.6) is 0 Å². The molecule has 1 aromatic carbocycles. The largest absolute Gasteiger partial charge is 0.481 e. The number of nitrogens with one attached hydrogen (secondary N) is 1. The van der Waals surface area contributed by atoms with Crippen molar-refractivity contribution in [1.29, 1.82) is 0 Å². The quantitative estimate of drug-likeness (QED) is 0.287. The summed E-state index contributed by atoms with van der Waals surface area (Å²) in [7, 11) is 0. The average Bonchev–Trinajstić information content (AvgIpc) is 3.37. The number of fused-ring (bicyclic) bond motifs is 2. The van der Waals surface area contributed by atoms with E-state index in [0.29, 0.717) is 11.1 Å². The first-order valence-electron chi connectivity index (χ1n) is 11.8. The van der Waals surface area contributed by atoms with Gasteiger partial charge in [-0.2, -0.15) is 27.1 Å². The molecule has 5 rings (SSSR count). The lowest BCUT2D eigenvalue weighted by molar-refractivity contribution is -0.285. The molecule has 0 unspecified atom stereocenters. The lowest BCUT2D eigenvalue weighted by atomic mass is 9.77. The minimum absolute atomic E-state index is 0.0220. The number of aryl methyl sites for hydroxylation is 1. The number of anilines is 2. The third-order valence-electron chi connectivity index (χ3n) is 6.78. The van der Waals surface area contributed by atoms with Crippen LogP contribution in [0.3, 0.4) is 0 Å². The Bertz CT molecular complexity index is 1650. The lowest BCUT2D eigenvalue weighted by Gasteiger charge is -2.23. The van der Waals surface area contributed by atoms with Crippen LogP contribution in [0.1, 0.15) is 30.0 Å². The van der Waals surface area contributed by atoms with Gasteiger partial charge in [0.1, 0.15) is 22.7 Å². The van der Waals surface area contributed by atoms with Gasteiger partial charge in [0.2, 0.25) is 5.91 Å². The monoisotopic (exact) mass is 561 g/mol. The normalized spacial score (nSPS) is 17.2. The highest BCUT2D eigenvalue weighted by Gasteiger charge is 2.57. The van der Waals surface area contributed by atoms with Crippen molar-refractivity contribution < 1.29 is 36.6 Å². The van der Waals surface area contributed by atoms with E-state index in [1.165, 1.54) is 18.3 Å². The molecule has 0 aliphatic carbocycles. The van der Waals surface area contributed by atoms with Gasteiger partial charge in [-0.25, -0.2) is 19.6 Å². The first kappa shape index (κ1) is 26.9. The number of hydrogen-bond acceptors (Lipinski definition) is 7. The van der Waals surface area contributed by atoms with Crippen molar-refractivity contribution in [1.82, 2.24) is 24.7 Å². The molecule has 15 heteroatoms. The van der Waals surface area contributed by atoms with E-state index in [0.717, 1.165) is 4.68 Å². The van der Waals surface area contributed by atoms with E-state index < -0.39 is 42.4 Å². The van der Waals surface area contributed by atoms with Gasteiger partial charge >= 0.3 is 18.1 Å².